The molecule has 0 rings (SSSR count). The first-order valence-electron chi connectivity index (χ1n) is 5.08. The number of carboxylic acids is 1. The second-order valence-electron chi connectivity index (χ2n) is 3.34. The van der Waals surface area contributed by atoms with Crippen LogP contribution in [0.2, 0.25) is 0 Å². The minimum absolute atomic E-state index is 0.200. The van der Waals surface area contributed by atoms with E-state index in [4.69, 9.17) is 21.4 Å². The van der Waals surface area contributed by atoms with Crippen LogP contribution in [0.3, 0.4) is 0 Å². The summed E-state index contributed by atoms with van der Waals surface area (Å²) < 4.78 is 4.99. The van der Waals surface area contributed by atoms with Gasteiger partial charge < -0.3 is 9.84 Å². The number of hydrogen-bond donors (Lipinski definition) is 1. The van der Waals surface area contributed by atoms with Crippen LogP contribution in [0, 0.1) is 10.1 Å². The molecule has 0 aliphatic rings. The van der Waals surface area contributed by atoms with Gasteiger partial charge in [-0.1, -0.05) is 19.8 Å². The molecule has 0 fully saturated rings. The molecule has 0 aliphatic carbocycles. The molecule has 0 radical (unpaired) electrons. The predicted molar refractivity (Wildman–Crippen MR) is 58.4 cm³/mol. The number of halogens is 1. The van der Waals surface area contributed by atoms with Gasteiger partial charge in [-0.05, 0) is 6.42 Å². The van der Waals surface area contributed by atoms with E-state index in [0.29, 0.717) is 6.42 Å². The minimum atomic E-state index is -1.47. The number of ether oxygens (including phenoxy) is 1. The molecule has 0 bridgehead atoms. The number of carbonyl (C=O) groups is 1. The van der Waals surface area contributed by atoms with E-state index in [1.807, 2.05) is 6.92 Å². The highest BCUT2D eigenvalue weighted by atomic mass is 35.5. The fourth-order valence-electron chi connectivity index (χ4n) is 1.16. The maximum absolute atomic E-state index is 10.8. The molecule has 2 unspecified atom stereocenters. The van der Waals surface area contributed by atoms with E-state index in [1.54, 1.807) is 0 Å². The summed E-state index contributed by atoms with van der Waals surface area (Å²) in [6.45, 7) is 2.19. The Kier molecular flexibility index (Phi) is 7.84. The zero-order valence-corrected chi connectivity index (χ0v) is 9.85. The standard InChI is InChI=1S/C9H16ClNO5/c1-2-3-4-5-16-8(9(12)13)7(6-10)11(14)15/h7-8H,2-6H2,1H3,(H,12,13). The van der Waals surface area contributed by atoms with Crippen molar-refractivity contribution in [1.82, 2.24) is 0 Å². The Hall–Kier alpha value is -0.880. The molecule has 0 aromatic heterocycles. The molecule has 0 aliphatic heterocycles. The van der Waals surface area contributed by atoms with E-state index < -0.39 is 23.0 Å². The van der Waals surface area contributed by atoms with Crippen molar-refractivity contribution in [3.05, 3.63) is 10.1 Å². The van der Waals surface area contributed by atoms with Gasteiger partial charge in [-0.2, -0.15) is 0 Å². The van der Waals surface area contributed by atoms with Gasteiger partial charge in [0.15, 0.2) is 0 Å². The molecule has 0 heterocycles. The van der Waals surface area contributed by atoms with Crippen LogP contribution >= 0.6 is 11.6 Å². The van der Waals surface area contributed by atoms with Gasteiger partial charge >= 0.3 is 5.97 Å². The van der Waals surface area contributed by atoms with Gasteiger partial charge in [0.1, 0.15) is 0 Å². The van der Waals surface area contributed by atoms with Gasteiger partial charge in [0.05, 0.1) is 5.88 Å². The van der Waals surface area contributed by atoms with Gasteiger partial charge in [0.2, 0.25) is 6.10 Å². The van der Waals surface area contributed by atoms with Crippen molar-refractivity contribution in [2.24, 2.45) is 0 Å². The zero-order chi connectivity index (χ0) is 12.6. The largest absolute Gasteiger partial charge is 0.479 e. The maximum atomic E-state index is 10.8. The van der Waals surface area contributed by atoms with Gasteiger partial charge in [0, 0.05) is 11.5 Å². The molecule has 94 valence electrons. The van der Waals surface area contributed by atoms with E-state index in [2.05, 4.69) is 0 Å². The lowest BCUT2D eigenvalue weighted by molar-refractivity contribution is -0.527. The number of aliphatic carboxylic acids is 1. The smallest absolute Gasteiger partial charge is 0.340 e. The molecular weight excluding hydrogens is 238 g/mol. The molecule has 1 N–H and O–H groups in total. The van der Waals surface area contributed by atoms with Crippen molar-refractivity contribution >= 4 is 17.6 Å². The van der Waals surface area contributed by atoms with E-state index in [9.17, 15) is 14.9 Å². The Morgan fingerprint density at radius 3 is 2.56 bits per heavy atom. The maximum Gasteiger partial charge on any atom is 0.340 e. The van der Waals surface area contributed by atoms with Crippen molar-refractivity contribution in [2.45, 2.75) is 38.3 Å². The molecule has 16 heavy (non-hydrogen) atoms. The molecular formula is C9H16ClNO5. The molecule has 0 saturated heterocycles. The third kappa shape index (κ3) is 5.27. The predicted octanol–water partition coefficient (Wildman–Crippen LogP) is 1.53. The quantitative estimate of drug-likeness (QED) is 0.291. The molecule has 0 aromatic carbocycles. The van der Waals surface area contributed by atoms with Crippen LogP contribution in [0.4, 0.5) is 0 Å². The second kappa shape index (κ2) is 8.29. The minimum Gasteiger partial charge on any atom is -0.479 e. The van der Waals surface area contributed by atoms with Crippen molar-refractivity contribution in [3.63, 3.8) is 0 Å². The monoisotopic (exact) mass is 253 g/mol. The first kappa shape index (κ1) is 15.1. The highest BCUT2D eigenvalue weighted by Crippen LogP contribution is 2.08. The fraction of sp³-hybridized carbons (Fsp3) is 0.889. The zero-order valence-electron chi connectivity index (χ0n) is 9.10. The van der Waals surface area contributed by atoms with Gasteiger partial charge in [-0.25, -0.2) is 4.79 Å². The molecule has 2 atom stereocenters. The third-order valence-electron chi connectivity index (χ3n) is 2.07. The number of unbranched alkanes of at least 4 members (excludes halogenated alkanes) is 2. The molecule has 0 amide bonds. The Labute approximate surface area is 98.7 Å². The van der Waals surface area contributed by atoms with Gasteiger partial charge in [0.25, 0.3) is 6.04 Å². The summed E-state index contributed by atoms with van der Waals surface area (Å²) in [6, 6.07) is -1.40. The molecule has 0 spiro atoms. The highest BCUT2D eigenvalue weighted by Gasteiger charge is 2.37. The summed E-state index contributed by atoms with van der Waals surface area (Å²) in [5.74, 6) is -1.73. The molecule has 0 aromatic rings. The average molecular weight is 254 g/mol. The Morgan fingerprint density at radius 1 is 1.56 bits per heavy atom. The first-order valence-corrected chi connectivity index (χ1v) is 5.61. The van der Waals surface area contributed by atoms with Crippen molar-refractivity contribution < 1.29 is 19.6 Å². The first-order chi connectivity index (χ1) is 7.54. The van der Waals surface area contributed by atoms with Gasteiger partial charge in [-0.15, -0.1) is 11.6 Å². The lowest BCUT2D eigenvalue weighted by atomic mass is 10.2. The van der Waals surface area contributed by atoms with Crippen LogP contribution in [0.5, 0.6) is 0 Å². The van der Waals surface area contributed by atoms with Crippen LogP contribution in [0.15, 0.2) is 0 Å². The lowest BCUT2D eigenvalue weighted by Gasteiger charge is -2.15. The number of carboxylic acid groups (broad SMARTS) is 1. The van der Waals surface area contributed by atoms with Crippen LogP contribution in [-0.2, 0) is 9.53 Å². The van der Waals surface area contributed by atoms with E-state index in [0.717, 1.165) is 12.8 Å². The number of nitro groups is 1. The summed E-state index contributed by atoms with van der Waals surface area (Å²) in [5.41, 5.74) is 0. The summed E-state index contributed by atoms with van der Waals surface area (Å²) >= 11 is 5.36. The summed E-state index contributed by atoms with van der Waals surface area (Å²) in [7, 11) is 0. The fourth-order valence-corrected chi connectivity index (χ4v) is 1.43. The molecule has 7 heteroatoms. The number of alkyl halides is 1. The Bertz CT molecular complexity index is 236. The normalized spacial score (nSPS) is 14.4. The Balaban J connectivity index is 4.25. The summed E-state index contributed by atoms with van der Waals surface area (Å²) in [6.07, 6.45) is 1.09. The van der Waals surface area contributed by atoms with Crippen LogP contribution < -0.4 is 0 Å². The van der Waals surface area contributed by atoms with Crippen molar-refractivity contribution in [2.75, 3.05) is 12.5 Å². The third-order valence-corrected chi connectivity index (χ3v) is 2.38. The molecule has 6 nitrogen and oxygen atoms in total. The number of rotatable bonds is 9. The van der Waals surface area contributed by atoms with E-state index in [-0.39, 0.29) is 12.5 Å². The van der Waals surface area contributed by atoms with Crippen molar-refractivity contribution in [3.8, 4) is 0 Å². The van der Waals surface area contributed by atoms with Gasteiger partial charge in [-0.3, -0.25) is 10.1 Å². The number of hydrogen-bond acceptors (Lipinski definition) is 4. The second-order valence-corrected chi connectivity index (χ2v) is 3.65. The molecule has 0 saturated carbocycles. The van der Waals surface area contributed by atoms with Crippen LogP contribution in [0.1, 0.15) is 26.2 Å². The summed E-state index contributed by atoms with van der Waals surface area (Å²) in [4.78, 5) is 20.6. The SMILES string of the molecule is CCCCCOC(C(=O)O)C(CCl)[N+](=O)[O-]. The average Bonchev–Trinajstić information content (AvgIpc) is 2.21. The van der Waals surface area contributed by atoms with Crippen LogP contribution in [-0.4, -0.2) is 40.6 Å². The Morgan fingerprint density at radius 2 is 2.19 bits per heavy atom. The number of nitrogens with zero attached hydrogens (tertiary/aromatic N) is 1. The van der Waals surface area contributed by atoms with Crippen LogP contribution in [0.25, 0.3) is 0 Å². The topological polar surface area (TPSA) is 89.7 Å². The van der Waals surface area contributed by atoms with E-state index in [1.165, 1.54) is 0 Å². The van der Waals surface area contributed by atoms with Crippen molar-refractivity contribution in [1.29, 1.82) is 0 Å². The highest BCUT2D eigenvalue weighted by molar-refractivity contribution is 6.18. The lowest BCUT2D eigenvalue weighted by Crippen LogP contribution is -2.43. The van der Waals surface area contributed by atoms with E-state index >= 15 is 0 Å². The summed E-state index contributed by atoms with van der Waals surface area (Å²) in [5, 5.41) is 19.3.